The van der Waals surface area contributed by atoms with Crippen molar-refractivity contribution in [1.82, 2.24) is 19.4 Å². The van der Waals surface area contributed by atoms with Crippen LogP contribution in [-0.2, 0) is 19.3 Å². The van der Waals surface area contributed by atoms with Gasteiger partial charge >= 0.3 is 0 Å². The monoisotopic (exact) mass is 444 g/mol. The van der Waals surface area contributed by atoms with Crippen molar-refractivity contribution >= 4 is 29.3 Å². The summed E-state index contributed by atoms with van der Waals surface area (Å²) in [6, 6.07) is 11.6. The molecule has 1 aliphatic heterocycles. The van der Waals surface area contributed by atoms with Crippen molar-refractivity contribution < 1.29 is 9.21 Å². The van der Waals surface area contributed by atoms with Gasteiger partial charge in [0, 0.05) is 57.2 Å². The number of amides is 1. The van der Waals surface area contributed by atoms with Crippen LogP contribution in [0.2, 0.25) is 5.02 Å². The zero-order chi connectivity index (χ0) is 20.9. The molecule has 0 unspecified atom stereocenters. The number of carbonyl (C=O) groups excluding carboxylic acids is 1. The summed E-state index contributed by atoms with van der Waals surface area (Å²) in [5.74, 6) is 1.81. The quantitative estimate of drug-likeness (QED) is 0.530. The van der Waals surface area contributed by atoms with Gasteiger partial charge in [0.1, 0.15) is 5.76 Å². The fourth-order valence-corrected chi connectivity index (χ4v) is 4.49. The van der Waals surface area contributed by atoms with E-state index in [1.165, 1.54) is 5.56 Å². The second-order valence-corrected chi connectivity index (χ2v) is 8.80. The third-order valence-electron chi connectivity index (χ3n) is 5.19. The van der Waals surface area contributed by atoms with E-state index >= 15 is 0 Å². The van der Waals surface area contributed by atoms with E-state index in [1.807, 2.05) is 40.9 Å². The Morgan fingerprint density at radius 2 is 1.97 bits per heavy atom. The SMILES string of the molecule is Cn1ccnc1SCc1ccc(C(=O)N2CCCN(Cc3ccc(Cl)cc3)CC2)o1. The maximum absolute atomic E-state index is 12.9. The van der Waals surface area contributed by atoms with Gasteiger partial charge in [0.05, 0.1) is 5.75 Å². The molecule has 1 fully saturated rings. The van der Waals surface area contributed by atoms with E-state index in [-0.39, 0.29) is 5.91 Å². The van der Waals surface area contributed by atoms with Gasteiger partial charge in [-0.3, -0.25) is 9.69 Å². The molecule has 0 N–H and O–H groups in total. The Bertz CT molecular complexity index is 985. The van der Waals surface area contributed by atoms with Crippen LogP contribution in [0.25, 0.3) is 0 Å². The third-order valence-corrected chi connectivity index (χ3v) is 6.52. The van der Waals surface area contributed by atoms with Crippen LogP contribution >= 0.6 is 23.4 Å². The van der Waals surface area contributed by atoms with E-state index in [4.69, 9.17) is 16.0 Å². The lowest BCUT2D eigenvalue weighted by Crippen LogP contribution is -2.34. The molecule has 8 heteroatoms. The molecule has 1 saturated heterocycles. The Morgan fingerprint density at radius 3 is 2.73 bits per heavy atom. The summed E-state index contributed by atoms with van der Waals surface area (Å²) in [4.78, 5) is 21.5. The summed E-state index contributed by atoms with van der Waals surface area (Å²) < 4.78 is 7.80. The average Bonchev–Trinajstić information content (AvgIpc) is 3.31. The van der Waals surface area contributed by atoms with Gasteiger partial charge in [-0.1, -0.05) is 35.5 Å². The maximum Gasteiger partial charge on any atom is 0.289 e. The molecule has 0 atom stereocenters. The smallest absolute Gasteiger partial charge is 0.289 e. The van der Waals surface area contributed by atoms with Gasteiger partial charge in [0.15, 0.2) is 10.9 Å². The predicted molar refractivity (Wildman–Crippen MR) is 119 cm³/mol. The predicted octanol–water partition coefficient (Wildman–Crippen LogP) is 4.31. The molecule has 0 aliphatic carbocycles. The van der Waals surface area contributed by atoms with Crippen molar-refractivity contribution in [3.8, 4) is 0 Å². The molecule has 158 valence electrons. The minimum absolute atomic E-state index is 0.0309. The lowest BCUT2D eigenvalue weighted by atomic mass is 10.2. The van der Waals surface area contributed by atoms with E-state index in [9.17, 15) is 4.79 Å². The Kier molecular flexibility index (Phi) is 6.82. The number of benzene rings is 1. The Balaban J connectivity index is 1.31. The molecule has 30 heavy (non-hydrogen) atoms. The van der Waals surface area contributed by atoms with Crippen LogP contribution in [0.15, 0.2) is 58.4 Å². The molecule has 3 heterocycles. The first-order valence-electron chi connectivity index (χ1n) is 10.0. The van der Waals surface area contributed by atoms with Crippen LogP contribution in [0.4, 0.5) is 0 Å². The molecule has 6 nitrogen and oxygen atoms in total. The van der Waals surface area contributed by atoms with Crippen LogP contribution < -0.4 is 0 Å². The molecule has 3 aromatic rings. The molecule has 0 bridgehead atoms. The van der Waals surface area contributed by atoms with Crippen LogP contribution in [0.1, 0.15) is 28.3 Å². The number of nitrogens with zero attached hydrogens (tertiary/aromatic N) is 4. The van der Waals surface area contributed by atoms with Gasteiger partial charge in [-0.05, 0) is 36.2 Å². The minimum atomic E-state index is -0.0309. The molecule has 1 aromatic carbocycles. The number of furan rings is 1. The molecular formula is C22H25ClN4O2S. The molecule has 1 amide bonds. The number of thioether (sulfide) groups is 1. The fourth-order valence-electron chi connectivity index (χ4n) is 3.53. The molecule has 0 saturated carbocycles. The Morgan fingerprint density at radius 1 is 1.13 bits per heavy atom. The summed E-state index contributed by atoms with van der Waals surface area (Å²) in [7, 11) is 1.96. The molecule has 1 aliphatic rings. The fraction of sp³-hybridized carbons (Fsp3) is 0.364. The first kappa shape index (κ1) is 21.0. The van der Waals surface area contributed by atoms with Gasteiger partial charge in [-0.25, -0.2) is 4.98 Å². The van der Waals surface area contributed by atoms with Crippen LogP contribution in [-0.4, -0.2) is 51.4 Å². The highest BCUT2D eigenvalue weighted by molar-refractivity contribution is 7.98. The number of hydrogen-bond donors (Lipinski definition) is 0. The van der Waals surface area contributed by atoms with Gasteiger partial charge < -0.3 is 13.9 Å². The standard InChI is InChI=1S/C22H25ClN4O2S/c1-25-12-9-24-22(25)30-16-19-7-8-20(29-19)21(28)27-11-2-10-26(13-14-27)15-17-3-5-18(23)6-4-17/h3-9,12H,2,10-11,13-16H2,1H3. The Hall–Kier alpha value is -2.22. The van der Waals surface area contributed by atoms with Crippen molar-refractivity contribution in [3.05, 3.63) is 70.9 Å². The number of halogens is 1. The number of imidazole rings is 1. The second-order valence-electron chi connectivity index (χ2n) is 7.42. The van der Waals surface area contributed by atoms with E-state index in [1.54, 1.807) is 24.0 Å². The van der Waals surface area contributed by atoms with Crippen LogP contribution in [0, 0.1) is 0 Å². The number of hydrogen-bond acceptors (Lipinski definition) is 5. The second kappa shape index (κ2) is 9.73. The molecule has 0 spiro atoms. The number of aryl methyl sites for hydroxylation is 1. The van der Waals surface area contributed by atoms with Crippen molar-refractivity contribution in [2.75, 3.05) is 26.2 Å². The molecule has 4 rings (SSSR count). The number of aromatic nitrogens is 2. The third kappa shape index (κ3) is 5.28. The lowest BCUT2D eigenvalue weighted by Gasteiger charge is -2.21. The number of rotatable bonds is 6. The molecule has 2 aromatic heterocycles. The zero-order valence-electron chi connectivity index (χ0n) is 17.0. The molecular weight excluding hydrogens is 420 g/mol. The largest absolute Gasteiger partial charge is 0.455 e. The summed E-state index contributed by atoms with van der Waals surface area (Å²) in [5, 5.41) is 1.68. The topological polar surface area (TPSA) is 54.5 Å². The first-order valence-corrected chi connectivity index (χ1v) is 11.4. The van der Waals surface area contributed by atoms with E-state index in [0.29, 0.717) is 18.1 Å². The maximum atomic E-state index is 12.9. The van der Waals surface area contributed by atoms with E-state index in [2.05, 4.69) is 22.0 Å². The highest BCUT2D eigenvalue weighted by atomic mass is 35.5. The summed E-state index contributed by atoms with van der Waals surface area (Å²) in [6.45, 7) is 4.13. The zero-order valence-corrected chi connectivity index (χ0v) is 18.5. The number of carbonyl (C=O) groups is 1. The van der Waals surface area contributed by atoms with Crippen molar-refractivity contribution in [2.24, 2.45) is 7.05 Å². The molecule has 0 radical (unpaired) electrons. The van der Waals surface area contributed by atoms with Crippen molar-refractivity contribution in [3.63, 3.8) is 0 Å². The summed E-state index contributed by atoms with van der Waals surface area (Å²) >= 11 is 7.57. The van der Waals surface area contributed by atoms with Gasteiger partial charge in [0.25, 0.3) is 5.91 Å². The van der Waals surface area contributed by atoms with Gasteiger partial charge in [-0.2, -0.15) is 0 Å². The Labute approximate surface area is 185 Å². The van der Waals surface area contributed by atoms with Gasteiger partial charge in [0.2, 0.25) is 0 Å². The van der Waals surface area contributed by atoms with E-state index in [0.717, 1.165) is 48.5 Å². The lowest BCUT2D eigenvalue weighted by molar-refractivity contribution is 0.0727. The highest BCUT2D eigenvalue weighted by Crippen LogP contribution is 2.23. The normalized spacial score (nSPS) is 15.3. The van der Waals surface area contributed by atoms with Crippen molar-refractivity contribution in [1.29, 1.82) is 0 Å². The van der Waals surface area contributed by atoms with E-state index < -0.39 is 0 Å². The first-order chi connectivity index (χ1) is 14.6. The average molecular weight is 445 g/mol. The highest BCUT2D eigenvalue weighted by Gasteiger charge is 2.23. The van der Waals surface area contributed by atoms with Gasteiger partial charge in [-0.15, -0.1) is 0 Å². The summed E-state index contributed by atoms with van der Waals surface area (Å²) in [5.41, 5.74) is 1.24. The summed E-state index contributed by atoms with van der Waals surface area (Å²) in [6.07, 6.45) is 4.63. The van der Waals surface area contributed by atoms with Crippen LogP contribution in [0.5, 0.6) is 0 Å². The van der Waals surface area contributed by atoms with Crippen molar-refractivity contribution in [2.45, 2.75) is 23.9 Å². The van der Waals surface area contributed by atoms with Crippen LogP contribution in [0.3, 0.4) is 0 Å². The minimum Gasteiger partial charge on any atom is -0.455 e.